The van der Waals surface area contributed by atoms with Gasteiger partial charge in [-0.15, -0.1) is 0 Å². The molecular weight excluding hydrogens is 246 g/mol. The van der Waals surface area contributed by atoms with Gasteiger partial charge in [-0.25, -0.2) is 0 Å². The normalized spacial score (nSPS) is 18.2. The first kappa shape index (κ1) is 15.8. The van der Waals surface area contributed by atoms with Crippen molar-refractivity contribution in [1.29, 1.82) is 0 Å². The van der Waals surface area contributed by atoms with Gasteiger partial charge in [0.1, 0.15) is 5.84 Å². The highest BCUT2D eigenvalue weighted by Gasteiger charge is 2.40. The van der Waals surface area contributed by atoms with Crippen LogP contribution in [0.25, 0.3) is 0 Å². The molecule has 0 unspecified atom stereocenters. The van der Waals surface area contributed by atoms with Crippen molar-refractivity contribution < 1.29 is 14.7 Å². The lowest BCUT2D eigenvalue weighted by atomic mass is 9.77. The topological polar surface area (TPSA) is 88.2 Å². The molecule has 0 atom stereocenters. The molecule has 0 saturated heterocycles. The molecule has 0 radical (unpaired) electrons. The third-order valence-electron chi connectivity index (χ3n) is 3.85. The number of oxime groups is 1. The van der Waals surface area contributed by atoms with E-state index in [0.29, 0.717) is 19.4 Å². The van der Waals surface area contributed by atoms with Crippen molar-refractivity contribution in [1.82, 2.24) is 4.90 Å². The molecule has 110 valence electrons. The van der Waals surface area contributed by atoms with Gasteiger partial charge in [0.15, 0.2) is 0 Å². The Bertz CT molecular complexity index is 333. The van der Waals surface area contributed by atoms with E-state index in [4.69, 9.17) is 15.7 Å². The number of hydrogen-bond acceptors (Lipinski definition) is 4. The molecule has 1 saturated carbocycles. The minimum Gasteiger partial charge on any atom is -0.409 e. The van der Waals surface area contributed by atoms with Crippen molar-refractivity contribution in [2.24, 2.45) is 10.9 Å². The molecule has 1 rings (SSSR count). The maximum atomic E-state index is 12.4. The average Bonchev–Trinajstić information content (AvgIpc) is 2.33. The maximum absolute atomic E-state index is 12.4. The molecule has 6 nitrogen and oxygen atoms in total. The highest BCUT2D eigenvalue weighted by Crippen LogP contribution is 2.38. The van der Waals surface area contributed by atoms with E-state index in [1.54, 1.807) is 12.0 Å². The minimum atomic E-state index is -0.263. The first-order valence-corrected chi connectivity index (χ1v) is 6.75. The summed E-state index contributed by atoms with van der Waals surface area (Å²) in [5.41, 5.74) is 5.19. The molecule has 1 amide bonds. The van der Waals surface area contributed by atoms with E-state index in [0.717, 1.165) is 19.3 Å². The number of nitrogens with zero attached hydrogens (tertiary/aromatic N) is 2. The number of amidine groups is 1. The Kier molecular flexibility index (Phi) is 5.60. The summed E-state index contributed by atoms with van der Waals surface area (Å²) in [4.78, 5) is 14.1. The van der Waals surface area contributed by atoms with Crippen molar-refractivity contribution in [3.05, 3.63) is 0 Å². The van der Waals surface area contributed by atoms with Gasteiger partial charge in [0.2, 0.25) is 5.91 Å². The fraction of sp³-hybridized carbons (Fsp3) is 0.846. The fourth-order valence-electron chi connectivity index (χ4n) is 2.36. The second-order valence-corrected chi connectivity index (χ2v) is 5.44. The van der Waals surface area contributed by atoms with E-state index >= 15 is 0 Å². The first-order valence-electron chi connectivity index (χ1n) is 6.75. The van der Waals surface area contributed by atoms with E-state index in [-0.39, 0.29) is 23.4 Å². The highest BCUT2D eigenvalue weighted by atomic mass is 16.5. The summed E-state index contributed by atoms with van der Waals surface area (Å²) in [5, 5.41) is 11.5. The van der Waals surface area contributed by atoms with Gasteiger partial charge in [-0.05, 0) is 33.1 Å². The van der Waals surface area contributed by atoms with Gasteiger partial charge in [-0.1, -0.05) is 5.16 Å². The summed E-state index contributed by atoms with van der Waals surface area (Å²) in [6.45, 7) is 4.39. The van der Waals surface area contributed by atoms with Gasteiger partial charge in [0, 0.05) is 26.1 Å². The minimum absolute atomic E-state index is 0.0716. The van der Waals surface area contributed by atoms with Crippen LogP contribution >= 0.6 is 0 Å². The molecule has 1 fully saturated rings. The Balaban J connectivity index is 2.57. The van der Waals surface area contributed by atoms with Crippen molar-refractivity contribution in [3.63, 3.8) is 0 Å². The number of methoxy groups -OCH3 is 1. The summed E-state index contributed by atoms with van der Waals surface area (Å²) in [7, 11) is 1.67. The molecule has 1 aliphatic rings. The lowest BCUT2D eigenvalue weighted by Crippen LogP contribution is -2.47. The van der Waals surface area contributed by atoms with Gasteiger partial charge in [0.05, 0.1) is 12.0 Å². The van der Waals surface area contributed by atoms with Gasteiger partial charge in [-0.2, -0.15) is 0 Å². The monoisotopic (exact) mass is 271 g/mol. The van der Waals surface area contributed by atoms with Gasteiger partial charge >= 0.3 is 0 Å². The number of rotatable bonds is 7. The zero-order valence-electron chi connectivity index (χ0n) is 12.1. The quantitative estimate of drug-likeness (QED) is 0.316. The molecule has 6 heteroatoms. The molecule has 0 aromatic heterocycles. The summed E-state index contributed by atoms with van der Waals surface area (Å²) in [5.74, 6) is 0.214. The van der Waals surface area contributed by atoms with Crippen LogP contribution in [0.2, 0.25) is 0 Å². The highest BCUT2D eigenvalue weighted by molar-refractivity contribution is 5.81. The molecule has 1 aliphatic carbocycles. The Hall–Kier alpha value is -1.30. The Morgan fingerprint density at radius 1 is 1.53 bits per heavy atom. The third kappa shape index (κ3) is 4.09. The van der Waals surface area contributed by atoms with Crippen molar-refractivity contribution in [2.75, 3.05) is 13.7 Å². The average molecular weight is 271 g/mol. The fourth-order valence-corrected chi connectivity index (χ4v) is 2.36. The van der Waals surface area contributed by atoms with Crippen LogP contribution in [0, 0.1) is 0 Å². The van der Waals surface area contributed by atoms with Gasteiger partial charge < -0.3 is 20.6 Å². The lowest BCUT2D eigenvalue weighted by molar-refractivity contribution is -0.145. The molecule has 0 heterocycles. The summed E-state index contributed by atoms with van der Waals surface area (Å²) in [6, 6.07) is 0.0907. The molecular formula is C13H25N3O3. The molecule has 0 aliphatic heterocycles. The number of nitrogens with two attached hydrogens (primary N) is 1. The summed E-state index contributed by atoms with van der Waals surface area (Å²) in [6.07, 6.45) is 3.80. The molecule has 0 aromatic rings. The van der Waals surface area contributed by atoms with E-state index in [1.165, 1.54) is 0 Å². The predicted molar refractivity (Wildman–Crippen MR) is 73.1 cm³/mol. The zero-order chi connectivity index (χ0) is 14.5. The zero-order valence-corrected chi connectivity index (χ0v) is 12.1. The summed E-state index contributed by atoms with van der Waals surface area (Å²) < 4.78 is 5.49. The Labute approximate surface area is 114 Å². The molecule has 0 bridgehead atoms. The largest absolute Gasteiger partial charge is 0.409 e. The molecule has 0 aromatic carbocycles. The standard InChI is InChI=1S/C13H25N3O3/c1-10(2)16(8-5-11(14)15-18)12(17)9-13(19-3)6-4-7-13/h10,18H,4-9H2,1-3H3,(H2,14,15). The SMILES string of the molecule is COC1(CC(=O)N(CCC(N)=NO)C(C)C)CCC1. The van der Waals surface area contributed by atoms with E-state index in [9.17, 15) is 4.79 Å². The van der Waals surface area contributed by atoms with E-state index in [1.807, 2.05) is 13.8 Å². The lowest BCUT2D eigenvalue weighted by Gasteiger charge is -2.41. The first-order chi connectivity index (χ1) is 8.94. The van der Waals surface area contributed by atoms with E-state index < -0.39 is 0 Å². The van der Waals surface area contributed by atoms with Crippen LogP contribution in [-0.4, -0.2) is 47.1 Å². The second kappa shape index (κ2) is 6.75. The van der Waals surface area contributed by atoms with Gasteiger partial charge in [-0.3, -0.25) is 4.79 Å². The van der Waals surface area contributed by atoms with Crippen LogP contribution in [-0.2, 0) is 9.53 Å². The molecule has 0 spiro atoms. The third-order valence-corrected chi connectivity index (χ3v) is 3.85. The van der Waals surface area contributed by atoms with Crippen LogP contribution in [0.5, 0.6) is 0 Å². The number of ether oxygens (including phenoxy) is 1. The van der Waals surface area contributed by atoms with Crippen molar-refractivity contribution in [2.45, 2.75) is 57.6 Å². The number of hydrogen-bond donors (Lipinski definition) is 2. The van der Waals surface area contributed by atoms with Crippen LogP contribution in [0.3, 0.4) is 0 Å². The van der Waals surface area contributed by atoms with E-state index in [2.05, 4.69) is 5.16 Å². The summed E-state index contributed by atoms with van der Waals surface area (Å²) >= 11 is 0. The van der Waals surface area contributed by atoms with Crippen LogP contribution in [0.1, 0.15) is 46.0 Å². The number of amides is 1. The predicted octanol–water partition coefficient (Wildman–Crippen LogP) is 1.32. The number of carbonyl (C=O) groups excluding carboxylic acids is 1. The van der Waals surface area contributed by atoms with Crippen LogP contribution in [0.4, 0.5) is 0 Å². The maximum Gasteiger partial charge on any atom is 0.225 e. The smallest absolute Gasteiger partial charge is 0.225 e. The number of carbonyl (C=O) groups is 1. The van der Waals surface area contributed by atoms with Crippen LogP contribution < -0.4 is 5.73 Å². The van der Waals surface area contributed by atoms with Crippen molar-refractivity contribution in [3.8, 4) is 0 Å². The van der Waals surface area contributed by atoms with Gasteiger partial charge in [0.25, 0.3) is 0 Å². The van der Waals surface area contributed by atoms with Crippen LogP contribution in [0.15, 0.2) is 5.16 Å². The Morgan fingerprint density at radius 2 is 2.16 bits per heavy atom. The second-order valence-electron chi connectivity index (χ2n) is 5.44. The Morgan fingerprint density at radius 3 is 2.53 bits per heavy atom. The van der Waals surface area contributed by atoms with Crippen molar-refractivity contribution >= 4 is 11.7 Å². The molecule has 3 N–H and O–H groups in total. The molecule has 19 heavy (non-hydrogen) atoms.